The number of likely N-dealkylation sites (tertiary alicyclic amines) is 1. The van der Waals surface area contributed by atoms with Gasteiger partial charge >= 0.3 is 6.18 Å². The summed E-state index contributed by atoms with van der Waals surface area (Å²) in [6, 6.07) is 5.50. The van der Waals surface area contributed by atoms with Gasteiger partial charge in [-0.25, -0.2) is 4.98 Å². The Morgan fingerprint density at radius 1 is 1.18 bits per heavy atom. The molecular weight excluding hydrogens is 667 g/mol. The second-order valence-electron chi connectivity index (χ2n) is 12.8. The summed E-state index contributed by atoms with van der Waals surface area (Å²) in [6.45, 7) is 0.877. The molecule has 2 N–H and O–H groups in total. The highest BCUT2D eigenvalue weighted by Crippen LogP contribution is 2.60. The van der Waals surface area contributed by atoms with E-state index in [-0.39, 0.29) is 57.9 Å². The fraction of sp³-hybridized carbons (Fsp3) is 0.394. The fourth-order valence-electron chi connectivity index (χ4n) is 7.85. The van der Waals surface area contributed by atoms with Crippen LogP contribution in [0, 0.1) is 5.92 Å². The molecule has 8 rings (SSSR count). The van der Waals surface area contributed by atoms with Crippen LogP contribution in [0.1, 0.15) is 58.8 Å². The van der Waals surface area contributed by atoms with E-state index in [9.17, 15) is 32.7 Å². The molecule has 1 aromatic carbocycles. The predicted molar refractivity (Wildman–Crippen MR) is 169 cm³/mol. The number of alkyl halides is 3. The van der Waals surface area contributed by atoms with Gasteiger partial charge in [0.1, 0.15) is 12.3 Å². The highest BCUT2D eigenvalue weighted by molar-refractivity contribution is 6.33. The van der Waals surface area contributed by atoms with Gasteiger partial charge in [-0.3, -0.25) is 14.4 Å². The van der Waals surface area contributed by atoms with E-state index in [1.165, 1.54) is 16.8 Å². The molecule has 0 bridgehead atoms. The SMILES string of the molecule is O=C(Cn1c2c(c(=O)n3nc(C4=CCOCC4)nc13)[C@]1(CC2)CCN(C(=O)c2ncccc2O)[C@@H]2C[C@@H]21)Nc1ccc(C(F)(F)F)cc1Cl. The lowest BCUT2D eigenvalue weighted by atomic mass is 9.73. The van der Waals surface area contributed by atoms with Crippen LogP contribution < -0.4 is 10.9 Å². The van der Waals surface area contributed by atoms with Gasteiger partial charge in [0.2, 0.25) is 11.7 Å². The van der Waals surface area contributed by atoms with Crippen molar-refractivity contribution >= 4 is 40.5 Å². The van der Waals surface area contributed by atoms with Crippen molar-refractivity contribution in [2.75, 3.05) is 25.1 Å². The molecule has 254 valence electrons. The number of nitrogens with one attached hydrogen (secondary N) is 1. The molecule has 3 atom stereocenters. The number of benzene rings is 1. The van der Waals surface area contributed by atoms with Crippen LogP contribution in [0.3, 0.4) is 0 Å². The summed E-state index contributed by atoms with van der Waals surface area (Å²) in [5, 5.41) is 17.2. The number of aromatic hydroxyl groups is 1. The number of pyridine rings is 1. The van der Waals surface area contributed by atoms with E-state index in [4.69, 9.17) is 21.3 Å². The molecule has 0 unspecified atom stereocenters. The van der Waals surface area contributed by atoms with Crippen molar-refractivity contribution in [3.05, 3.63) is 86.3 Å². The first-order valence-electron chi connectivity index (χ1n) is 15.9. The quantitative estimate of drug-likeness (QED) is 0.316. The molecule has 1 saturated heterocycles. The number of hydrogen-bond acceptors (Lipinski definition) is 8. The second kappa shape index (κ2) is 11.4. The van der Waals surface area contributed by atoms with Crippen molar-refractivity contribution in [2.24, 2.45) is 5.92 Å². The maximum Gasteiger partial charge on any atom is 0.416 e. The summed E-state index contributed by atoms with van der Waals surface area (Å²) < 4.78 is 47.9. The third kappa shape index (κ3) is 5.17. The number of rotatable bonds is 5. The highest BCUT2D eigenvalue weighted by atomic mass is 35.5. The van der Waals surface area contributed by atoms with Gasteiger partial charge in [0.25, 0.3) is 11.5 Å². The van der Waals surface area contributed by atoms with Gasteiger partial charge in [-0.05, 0) is 73.9 Å². The summed E-state index contributed by atoms with van der Waals surface area (Å²) in [6.07, 6.45) is 1.48. The van der Waals surface area contributed by atoms with Gasteiger partial charge in [0.15, 0.2) is 11.5 Å². The predicted octanol–water partition coefficient (Wildman–Crippen LogP) is 4.22. The number of anilines is 1. The van der Waals surface area contributed by atoms with Crippen molar-refractivity contribution in [3.63, 3.8) is 0 Å². The van der Waals surface area contributed by atoms with Crippen LogP contribution in [0.15, 0.2) is 47.4 Å². The summed E-state index contributed by atoms with van der Waals surface area (Å²) in [7, 11) is 0. The highest BCUT2D eigenvalue weighted by Gasteiger charge is 2.63. The number of halogens is 4. The zero-order valence-electron chi connectivity index (χ0n) is 25.8. The molecule has 4 aromatic rings. The zero-order valence-corrected chi connectivity index (χ0v) is 26.6. The molecule has 0 radical (unpaired) electrons. The fourth-order valence-corrected chi connectivity index (χ4v) is 8.07. The Morgan fingerprint density at radius 2 is 2.02 bits per heavy atom. The Labute approximate surface area is 281 Å². The Morgan fingerprint density at radius 3 is 2.76 bits per heavy atom. The van der Waals surface area contributed by atoms with Gasteiger partial charge in [-0.1, -0.05) is 17.7 Å². The number of carbonyl (C=O) groups excluding carboxylic acids is 2. The number of carbonyl (C=O) groups is 2. The van der Waals surface area contributed by atoms with Crippen molar-refractivity contribution in [1.29, 1.82) is 0 Å². The first-order chi connectivity index (χ1) is 23.5. The molecule has 49 heavy (non-hydrogen) atoms. The number of aromatic nitrogens is 5. The maximum absolute atomic E-state index is 14.4. The number of piperidine rings is 1. The van der Waals surface area contributed by atoms with Crippen LogP contribution in [-0.2, 0) is 34.1 Å². The molecule has 1 spiro atoms. The molecule has 5 heterocycles. The molecule has 2 amide bonds. The largest absolute Gasteiger partial charge is 0.505 e. The van der Waals surface area contributed by atoms with Crippen molar-refractivity contribution in [3.8, 4) is 5.75 Å². The van der Waals surface area contributed by atoms with E-state index in [1.54, 1.807) is 15.5 Å². The van der Waals surface area contributed by atoms with Gasteiger partial charge < -0.3 is 24.6 Å². The Bertz CT molecular complexity index is 2150. The molecule has 2 fully saturated rings. The van der Waals surface area contributed by atoms with Crippen LogP contribution in [0.2, 0.25) is 5.02 Å². The van der Waals surface area contributed by atoms with Crippen molar-refractivity contribution < 1.29 is 32.6 Å². The minimum Gasteiger partial charge on any atom is -0.505 e. The molecule has 2 aliphatic heterocycles. The summed E-state index contributed by atoms with van der Waals surface area (Å²) in [5.41, 5.74) is 0.132. The van der Waals surface area contributed by atoms with E-state index < -0.39 is 23.1 Å². The normalized spacial score (nSPS) is 22.9. The standard InChI is InChI=1S/C33H29ClF3N7O5/c34-20-14-18(33(35,36)37)3-4-21(20)39-25(46)16-43-22-5-8-32(9-11-42(23-15-19(23)32)30(48)27-24(45)2-1-10-38-27)26(22)29(47)44-31(43)40-28(41-44)17-6-12-49-13-7-17/h1-4,6,10,14,19,23,45H,5,7-9,11-13,15-16H2,(H,39,46)/t19-,23+,32+/m0/s1. The van der Waals surface area contributed by atoms with E-state index in [2.05, 4.69) is 15.4 Å². The van der Waals surface area contributed by atoms with Crippen LogP contribution in [0.5, 0.6) is 5.75 Å². The first kappa shape index (κ1) is 31.5. The maximum atomic E-state index is 14.4. The average molecular weight is 696 g/mol. The Balaban J connectivity index is 1.16. The minimum absolute atomic E-state index is 0.0103. The minimum atomic E-state index is -4.60. The molecule has 1 saturated carbocycles. The monoisotopic (exact) mass is 695 g/mol. The van der Waals surface area contributed by atoms with E-state index in [0.717, 1.165) is 23.8 Å². The topological polar surface area (TPSA) is 144 Å². The van der Waals surface area contributed by atoms with E-state index >= 15 is 0 Å². The van der Waals surface area contributed by atoms with Gasteiger partial charge in [-0.2, -0.15) is 22.7 Å². The van der Waals surface area contributed by atoms with Crippen LogP contribution >= 0.6 is 11.6 Å². The summed E-state index contributed by atoms with van der Waals surface area (Å²) >= 11 is 6.13. The first-order valence-corrected chi connectivity index (χ1v) is 16.3. The van der Waals surface area contributed by atoms with Gasteiger partial charge in [0, 0.05) is 35.5 Å². The number of amides is 2. The Kier molecular flexibility index (Phi) is 7.33. The van der Waals surface area contributed by atoms with E-state index in [1.807, 2.05) is 6.08 Å². The molecule has 2 aliphatic carbocycles. The lowest BCUT2D eigenvalue weighted by Crippen LogP contribution is -2.48. The van der Waals surface area contributed by atoms with Crippen LogP contribution in [0.4, 0.5) is 18.9 Å². The number of nitrogens with zero attached hydrogens (tertiary/aromatic N) is 6. The number of ether oxygens (including phenoxy) is 1. The molecule has 3 aromatic heterocycles. The molecule has 12 nitrogen and oxygen atoms in total. The number of hydrogen-bond donors (Lipinski definition) is 2. The lowest BCUT2D eigenvalue weighted by molar-refractivity contribution is -0.137. The van der Waals surface area contributed by atoms with Crippen molar-refractivity contribution in [2.45, 2.75) is 56.3 Å². The lowest BCUT2D eigenvalue weighted by Gasteiger charge is -2.39. The third-order valence-corrected chi connectivity index (χ3v) is 10.5. The van der Waals surface area contributed by atoms with Gasteiger partial charge in [0.05, 0.1) is 29.5 Å². The second-order valence-corrected chi connectivity index (χ2v) is 13.2. The zero-order chi connectivity index (χ0) is 34.2. The Hall–Kier alpha value is -4.76. The third-order valence-electron chi connectivity index (χ3n) is 10.2. The molecular formula is C33H29ClF3N7O5. The summed E-state index contributed by atoms with van der Waals surface area (Å²) in [4.78, 5) is 51.8. The molecule has 16 heteroatoms. The molecule has 4 aliphatic rings. The van der Waals surface area contributed by atoms with Gasteiger partial charge in [-0.15, -0.1) is 5.10 Å². The smallest absolute Gasteiger partial charge is 0.416 e. The van der Waals surface area contributed by atoms with E-state index in [0.29, 0.717) is 68.9 Å². The summed E-state index contributed by atoms with van der Waals surface area (Å²) in [5.74, 6) is -0.655. The number of fused-ring (bicyclic) bond motifs is 5. The van der Waals surface area contributed by atoms with Crippen LogP contribution in [0.25, 0.3) is 11.4 Å². The average Bonchev–Trinajstić information content (AvgIpc) is 3.62. The van der Waals surface area contributed by atoms with Crippen molar-refractivity contribution in [1.82, 2.24) is 29.0 Å². The van der Waals surface area contributed by atoms with Crippen LogP contribution in [-0.4, -0.2) is 71.8 Å².